The Hall–Kier alpha value is -1.20. The van der Waals surface area contributed by atoms with Crippen molar-refractivity contribution in [2.75, 3.05) is 13.1 Å². The first-order valence-electron chi connectivity index (χ1n) is 8.86. The number of aliphatic hydroxyl groups excluding tert-OH is 2. The molecule has 7 heteroatoms. The van der Waals surface area contributed by atoms with E-state index in [1.807, 2.05) is 6.07 Å². The summed E-state index contributed by atoms with van der Waals surface area (Å²) in [6, 6.07) is 0.911. The predicted octanol–water partition coefficient (Wildman–Crippen LogP) is -0.884. The molecule has 0 radical (unpaired) electrons. The van der Waals surface area contributed by atoms with Crippen LogP contribution >= 0.6 is 0 Å². The number of carbonyl (C=O) groups excluding carboxylic acids is 1. The predicted molar refractivity (Wildman–Crippen MR) is 83.5 cm³/mol. The fourth-order valence-corrected chi connectivity index (χ4v) is 6.01. The maximum atomic E-state index is 12.5. The zero-order valence-electron chi connectivity index (χ0n) is 13.7. The first-order chi connectivity index (χ1) is 11.3. The van der Waals surface area contributed by atoms with Crippen molar-refractivity contribution in [2.45, 2.75) is 67.9 Å². The first kappa shape index (κ1) is 16.3. The normalized spacial score (nSPS) is 49.4. The van der Waals surface area contributed by atoms with E-state index in [0.717, 1.165) is 25.7 Å². The topological polar surface area (TPSA) is 117 Å². The minimum atomic E-state index is -1.21. The van der Waals surface area contributed by atoms with Crippen molar-refractivity contribution in [2.24, 2.45) is 11.8 Å². The van der Waals surface area contributed by atoms with Crippen molar-refractivity contribution >= 4 is 5.91 Å². The van der Waals surface area contributed by atoms with Gasteiger partial charge in [0.25, 0.3) is 0 Å². The fraction of sp³-hybridized carbons (Fsp3) is 0.882. The molecule has 5 atom stereocenters. The minimum Gasteiger partial charge on any atom is -0.390 e. The Bertz CT molecular complexity index is 575. The average Bonchev–Trinajstić information content (AvgIpc) is 2.77. The molecule has 4 N–H and O–H groups in total. The Balaban J connectivity index is 1.42. The van der Waals surface area contributed by atoms with Gasteiger partial charge in [0.05, 0.1) is 24.8 Å². The molecule has 4 aliphatic carbocycles. The van der Waals surface area contributed by atoms with Crippen LogP contribution in [0.15, 0.2) is 0 Å². The van der Waals surface area contributed by atoms with E-state index >= 15 is 0 Å². The maximum absolute atomic E-state index is 12.5. The van der Waals surface area contributed by atoms with Crippen molar-refractivity contribution in [1.29, 1.82) is 5.26 Å². The van der Waals surface area contributed by atoms with E-state index in [1.165, 1.54) is 11.3 Å². The average molecular weight is 335 g/mol. The summed E-state index contributed by atoms with van der Waals surface area (Å²) < 4.78 is 0. The molecule has 7 nitrogen and oxygen atoms in total. The van der Waals surface area contributed by atoms with Crippen LogP contribution in [0.4, 0.5) is 0 Å². The summed E-state index contributed by atoms with van der Waals surface area (Å²) in [6.45, 7) is 0.0647. The lowest BCUT2D eigenvalue weighted by atomic mass is 9.51. The highest BCUT2D eigenvalue weighted by atomic mass is 16.3. The highest BCUT2D eigenvalue weighted by Crippen LogP contribution is 2.57. The molecule has 0 aromatic carbocycles. The SMILES string of the molecule is N#C[C@@H]1C(O)C(O)CN1C(=O)CNC12CC3CC(CC(O)(C3)C1)C2. The number of rotatable bonds is 3. The number of hydrogen-bond donors (Lipinski definition) is 4. The minimum absolute atomic E-state index is 0.0118. The van der Waals surface area contributed by atoms with Gasteiger partial charge >= 0.3 is 0 Å². The van der Waals surface area contributed by atoms with E-state index in [9.17, 15) is 20.1 Å². The lowest BCUT2D eigenvalue weighted by Crippen LogP contribution is -2.65. The van der Waals surface area contributed by atoms with Gasteiger partial charge in [0, 0.05) is 5.54 Å². The number of nitrogens with one attached hydrogen (secondary N) is 1. The molecule has 1 heterocycles. The van der Waals surface area contributed by atoms with Gasteiger partial charge in [-0.15, -0.1) is 0 Å². The number of likely N-dealkylation sites (tertiary alicyclic amines) is 1. The first-order valence-corrected chi connectivity index (χ1v) is 8.86. The summed E-state index contributed by atoms with van der Waals surface area (Å²) in [6.07, 6.45) is 3.33. The van der Waals surface area contributed by atoms with E-state index in [0.29, 0.717) is 18.3 Å². The molecule has 5 fully saturated rings. The number of β-amino-alcohol motifs (C(OH)–C–C–N with tert-alkyl or cyclic N) is 1. The molecular formula is C17H25N3O4. The van der Waals surface area contributed by atoms with Gasteiger partial charge in [-0.05, 0) is 50.4 Å². The standard InChI is InChI=1S/C17H25N3O4/c18-6-12-15(23)13(21)8-20(12)14(22)7-19-16-2-10-1-11(3-16)5-17(24,4-10)9-16/h10-13,15,19,21,23-24H,1-5,7-9H2/t10?,11?,12-,13?,15?,16?,17?/m1/s1. The number of amides is 1. The third kappa shape index (κ3) is 2.53. The molecule has 4 saturated carbocycles. The molecule has 1 aliphatic heterocycles. The van der Waals surface area contributed by atoms with Gasteiger partial charge in [-0.1, -0.05) is 0 Å². The van der Waals surface area contributed by atoms with Crippen molar-refractivity contribution in [3.05, 3.63) is 0 Å². The van der Waals surface area contributed by atoms with Crippen LogP contribution in [-0.2, 0) is 4.79 Å². The smallest absolute Gasteiger partial charge is 0.237 e. The van der Waals surface area contributed by atoms with Crippen LogP contribution in [0, 0.1) is 23.2 Å². The molecule has 1 amide bonds. The Morgan fingerprint density at radius 2 is 1.92 bits per heavy atom. The van der Waals surface area contributed by atoms with Crippen LogP contribution in [0.5, 0.6) is 0 Å². The number of carbonyl (C=O) groups is 1. The Morgan fingerprint density at radius 1 is 1.25 bits per heavy atom. The largest absolute Gasteiger partial charge is 0.390 e. The van der Waals surface area contributed by atoms with Crippen molar-refractivity contribution < 1.29 is 20.1 Å². The zero-order chi connectivity index (χ0) is 17.1. The van der Waals surface area contributed by atoms with E-state index < -0.39 is 23.9 Å². The second-order valence-electron chi connectivity index (χ2n) is 8.50. The Kier molecular flexibility index (Phi) is 3.66. The van der Waals surface area contributed by atoms with E-state index in [-0.39, 0.29) is 24.5 Å². The number of hydrogen-bond acceptors (Lipinski definition) is 6. The summed E-state index contributed by atoms with van der Waals surface area (Å²) in [7, 11) is 0. The molecule has 5 aliphatic rings. The van der Waals surface area contributed by atoms with Gasteiger partial charge in [0.2, 0.25) is 5.91 Å². The van der Waals surface area contributed by atoms with Gasteiger partial charge < -0.3 is 25.5 Å². The van der Waals surface area contributed by atoms with Gasteiger partial charge in [0.15, 0.2) is 0 Å². The Morgan fingerprint density at radius 3 is 2.50 bits per heavy atom. The van der Waals surface area contributed by atoms with E-state index in [1.54, 1.807) is 0 Å². The van der Waals surface area contributed by atoms with Crippen LogP contribution in [0.25, 0.3) is 0 Å². The zero-order valence-corrected chi connectivity index (χ0v) is 13.7. The van der Waals surface area contributed by atoms with Crippen LogP contribution in [0.1, 0.15) is 38.5 Å². The number of aliphatic hydroxyl groups is 3. The molecule has 1 saturated heterocycles. The highest BCUT2D eigenvalue weighted by Gasteiger charge is 2.57. The third-order valence-electron chi connectivity index (χ3n) is 6.53. The van der Waals surface area contributed by atoms with Crippen molar-refractivity contribution in [3.8, 4) is 6.07 Å². The molecule has 0 spiro atoms. The van der Waals surface area contributed by atoms with Crippen LogP contribution in [-0.4, -0.2) is 68.6 Å². The third-order valence-corrected chi connectivity index (χ3v) is 6.53. The molecule has 24 heavy (non-hydrogen) atoms. The molecule has 4 bridgehead atoms. The second kappa shape index (κ2) is 5.40. The Labute approximate surface area is 141 Å². The monoisotopic (exact) mass is 335 g/mol. The van der Waals surface area contributed by atoms with Gasteiger partial charge in [0.1, 0.15) is 18.2 Å². The molecule has 0 aromatic rings. The van der Waals surface area contributed by atoms with Gasteiger partial charge in [-0.25, -0.2) is 0 Å². The van der Waals surface area contributed by atoms with Crippen LogP contribution in [0.2, 0.25) is 0 Å². The summed E-state index contributed by atoms with van der Waals surface area (Å²) in [4.78, 5) is 13.8. The quantitative estimate of drug-likeness (QED) is 0.532. The van der Waals surface area contributed by atoms with Crippen LogP contribution < -0.4 is 5.32 Å². The molecular weight excluding hydrogens is 310 g/mol. The molecule has 0 aromatic heterocycles. The summed E-state index contributed by atoms with van der Waals surface area (Å²) in [5.74, 6) is 0.780. The molecule has 5 rings (SSSR count). The highest BCUT2D eigenvalue weighted by molar-refractivity contribution is 5.79. The van der Waals surface area contributed by atoms with Gasteiger partial charge in [-0.2, -0.15) is 5.26 Å². The van der Waals surface area contributed by atoms with Crippen molar-refractivity contribution in [1.82, 2.24) is 10.2 Å². The van der Waals surface area contributed by atoms with Gasteiger partial charge in [-0.3, -0.25) is 4.79 Å². The number of nitrogens with zero attached hydrogens (tertiary/aromatic N) is 2. The molecule has 4 unspecified atom stereocenters. The summed E-state index contributed by atoms with van der Waals surface area (Å²) in [5, 5.41) is 42.8. The lowest BCUT2D eigenvalue weighted by Gasteiger charge is -2.60. The van der Waals surface area contributed by atoms with E-state index in [2.05, 4.69) is 5.32 Å². The lowest BCUT2D eigenvalue weighted by molar-refractivity contribution is -0.147. The number of nitriles is 1. The van der Waals surface area contributed by atoms with E-state index in [4.69, 9.17) is 5.26 Å². The molecule has 132 valence electrons. The summed E-state index contributed by atoms with van der Waals surface area (Å²) >= 11 is 0. The second-order valence-corrected chi connectivity index (χ2v) is 8.50. The van der Waals surface area contributed by atoms with Crippen LogP contribution in [0.3, 0.4) is 0 Å². The van der Waals surface area contributed by atoms with Crippen molar-refractivity contribution in [3.63, 3.8) is 0 Å². The fourth-order valence-electron chi connectivity index (χ4n) is 6.01. The summed E-state index contributed by atoms with van der Waals surface area (Å²) in [5.41, 5.74) is -0.775. The maximum Gasteiger partial charge on any atom is 0.237 e.